The lowest BCUT2D eigenvalue weighted by Crippen LogP contribution is -2.24. The number of H-pyrrole nitrogens is 1. The molecule has 0 atom stereocenters. The van der Waals surface area contributed by atoms with Gasteiger partial charge in [0.25, 0.3) is 0 Å². The van der Waals surface area contributed by atoms with Gasteiger partial charge in [0.2, 0.25) is 10.0 Å². The topological polar surface area (TPSA) is 74.0 Å². The Bertz CT molecular complexity index is 492. The average molecular weight is 285 g/mol. The van der Waals surface area contributed by atoms with E-state index in [4.69, 9.17) is 0 Å². The van der Waals surface area contributed by atoms with E-state index >= 15 is 0 Å². The summed E-state index contributed by atoms with van der Waals surface area (Å²) in [6, 6.07) is 1.70. The molecule has 1 aromatic rings. The Balaban J connectivity index is 1.84. The van der Waals surface area contributed by atoms with E-state index in [0.29, 0.717) is 18.0 Å². The summed E-state index contributed by atoms with van der Waals surface area (Å²) in [5.74, 6) is 0.739. The minimum absolute atomic E-state index is 0.330. The Morgan fingerprint density at radius 3 is 2.84 bits per heavy atom. The zero-order chi connectivity index (χ0) is 13.7. The number of rotatable bonds is 9. The normalized spacial score (nSPS) is 15.8. The quantitative estimate of drug-likeness (QED) is 0.603. The molecular weight excluding hydrogens is 262 g/mol. The molecule has 0 radical (unpaired) electrons. The fraction of sp³-hybridized carbons (Fsp3) is 0.692. The first-order valence-corrected chi connectivity index (χ1v) is 8.48. The minimum Gasteiger partial charge on any atom is -0.363 e. The van der Waals surface area contributed by atoms with Gasteiger partial charge in [-0.25, -0.2) is 13.1 Å². The largest absolute Gasteiger partial charge is 0.363 e. The molecule has 0 amide bonds. The van der Waals surface area contributed by atoms with Crippen LogP contribution in [0.25, 0.3) is 0 Å². The minimum atomic E-state index is -3.35. The molecule has 1 heterocycles. The Hall–Kier alpha value is -0.850. The summed E-state index contributed by atoms with van der Waals surface area (Å²) in [4.78, 5) is 3.33. The monoisotopic (exact) mass is 285 g/mol. The summed E-state index contributed by atoms with van der Waals surface area (Å²) in [5, 5.41) is 3.24. The van der Waals surface area contributed by atoms with E-state index in [1.165, 1.54) is 12.8 Å². The Kier molecular flexibility index (Phi) is 5.01. The highest BCUT2D eigenvalue weighted by Crippen LogP contribution is 2.31. The molecule has 1 aliphatic rings. The van der Waals surface area contributed by atoms with E-state index in [9.17, 15) is 8.42 Å². The van der Waals surface area contributed by atoms with Crippen molar-refractivity contribution in [3.8, 4) is 0 Å². The second-order valence-corrected chi connectivity index (χ2v) is 6.93. The van der Waals surface area contributed by atoms with Gasteiger partial charge in [0.05, 0.1) is 4.90 Å². The fourth-order valence-electron chi connectivity index (χ4n) is 1.96. The van der Waals surface area contributed by atoms with E-state index in [0.717, 1.165) is 31.0 Å². The lowest BCUT2D eigenvalue weighted by atomic mass is 10.3. The van der Waals surface area contributed by atoms with Crippen LogP contribution < -0.4 is 10.0 Å². The number of aromatic amines is 1. The first-order chi connectivity index (χ1) is 9.12. The molecule has 1 aromatic heterocycles. The van der Waals surface area contributed by atoms with Crippen LogP contribution in [0.4, 0.5) is 0 Å². The zero-order valence-corrected chi connectivity index (χ0v) is 12.2. The van der Waals surface area contributed by atoms with Gasteiger partial charge in [-0.1, -0.05) is 19.8 Å². The summed E-state index contributed by atoms with van der Waals surface area (Å²) in [6.45, 7) is 4.25. The maximum Gasteiger partial charge on any atom is 0.242 e. The molecule has 0 spiro atoms. The van der Waals surface area contributed by atoms with Crippen LogP contribution in [0.2, 0.25) is 0 Å². The van der Waals surface area contributed by atoms with Crippen molar-refractivity contribution in [2.24, 2.45) is 5.92 Å². The second kappa shape index (κ2) is 6.54. The van der Waals surface area contributed by atoms with E-state index in [-0.39, 0.29) is 0 Å². The van der Waals surface area contributed by atoms with E-state index < -0.39 is 10.0 Å². The number of hydrogen-bond donors (Lipinski definition) is 3. The summed E-state index contributed by atoms with van der Waals surface area (Å²) >= 11 is 0. The smallest absolute Gasteiger partial charge is 0.242 e. The third-order valence-corrected chi connectivity index (χ3v) is 4.75. The maximum atomic E-state index is 12.0. The molecule has 3 N–H and O–H groups in total. The first kappa shape index (κ1) is 14.6. The standard InChI is InChI=1S/C13H23N3O2S/c1-2-6-14-9-12-8-13(10-15-12)19(17,18)16-7-5-11-3-4-11/h8,10-11,14-16H,2-7,9H2,1H3. The van der Waals surface area contributed by atoms with Crippen LogP contribution in [-0.4, -0.2) is 26.5 Å². The van der Waals surface area contributed by atoms with Crippen LogP contribution in [0.1, 0.15) is 38.3 Å². The van der Waals surface area contributed by atoms with E-state index in [1.807, 2.05) is 0 Å². The van der Waals surface area contributed by atoms with Gasteiger partial charge >= 0.3 is 0 Å². The molecule has 0 saturated heterocycles. The molecule has 19 heavy (non-hydrogen) atoms. The van der Waals surface area contributed by atoms with Crippen molar-refractivity contribution in [3.05, 3.63) is 18.0 Å². The molecule has 0 unspecified atom stereocenters. The molecule has 1 aliphatic carbocycles. The number of hydrogen-bond acceptors (Lipinski definition) is 3. The van der Waals surface area contributed by atoms with Gasteiger partial charge in [0.1, 0.15) is 0 Å². The van der Waals surface area contributed by atoms with Crippen LogP contribution in [0, 0.1) is 5.92 Å². The zero-order valence-electron chi connectivity index (χ0n) is 11.4. The summed E-state index contributed by atoms with van der Waals surface area (Å²) in [6.07, 6.45) is 6.07. The molecule has 6 heteroatoms. The second-order valence-electron chi connectivity index (χ2n) is 5.17. The number of nitrogens with one attached hydrogen (secondary N) is 3. The SMILES string of the molecule is CCCNCc1cc(S(=O)(=O)NCCC2CC2)c[nH]1. The fourth-order valence-corrected chi connectivity index (χ4v) is 3.03. The lowest BCUT2D eigenvalue weighted by molar-refractivity contribution is 0.575. The highest BCUT2D eigenvalue weighted by molar-refractivity contribution is 7.89. The maximum absolute atomic E-state index is 12.0. The highest BCUT2D eigenvalue weighted by Gasteiger charge is 2.22. The van der Waals surface area contributed by atoms with Crippen molar-refractivity contribution in [2.75, 3.05) is 13.1 Å². The molecule has 0 aromatic carbocycles. The van der Waals surface area contributed by atoms with Crippen molar-refractivity contribution in [1.29, 1.82) is 0 Å². The summed E-state index contributed by atoms with van der Waals surface area (Å²) < 4.78 is 26.7. The van der Waals surface area contributed by atoms with Crippen molar-refractivity contribution >= 4 is 10.0 Å². The van der Waals surface area contributed by atoms with Gasteiger partial charge in [-0.2, -0.15) is 0 Å². The van der Waals surface area contributed by atoms with E-state index in [2.05, 4.69) is 21.9 Å². The predicted octanol–water partition coefficient (Wildman–Crippen LogP) is 1.59. The molecule has 1 saturated carbocycles. The Morgan fingerprint density at radius 2 is 2.16 bits per heavy atom. The summed E-state index contributed by atoms with van der Waals surface area (Å²) in [7, 11) is -3.35. The van der Waals surface area contributed by atoms with Gasteiger partial charge in [-0.15, -0.1) is 0 Å². The van der Waals surface area contributed by atoms with Crippen LogP contribution >= 0.6 is 0 Å². The molecule has 108 valence electrons. The van der Waals surface area contributed by atoms with Crippen LogP contribution in [0.3, 0.4) is 0 Å². The lowest BCUT2D eigenvalue weighted by Gasteiger charge is -2.03. The third kappa shape index (κ3) is 4.63. The highest BCUT2D eigenvalue weighted by atomic mass is 32.2. The van der Waals surface area contributed by atoms with Crippen molar-refractivity contribution in [1.82, 2.24) is 15.0 Å². The van der Waals surface area contributed by atoms with Crippen LogP contribution in [-0.2, 0) is 16.6 Å². The van der Waals surface area contributed by atoms with Gasteiger partial charge in [-0.3, -0.25) is 0 Å². The molecule has 2 rings (SSSR count). The first-order valence-electron chi connectivity index (χ1n) is 6.99. The molecule has 0 aliphatic heterocycles. The Labute approximate surface area is 115 Å². The number of sulfonamides is 1. The molecular formula is C13H23N3O2S. The Morgan fingerprint density at radius 1 is 1.37 bits per heavy atom. The molecule has 0 bridgehead atoms. The molecule has 1 fully saturated rings. The summed E-state index contributed by atoms with van der Waals surface area (Å²) in [5.41, 5.74) is 0.899. The van der Waals surface area contributed by atoms with Gasteiger partial charge in [0, 0.05) is 25.0 Å². The number of aromatic nitrogens is 1. The van der Waals surface area contributed by atoms with Gasteiger partial charge in [0.15, 0.2) is 0 Å². The third-order valence-electron chi connectivity index (χ3n) is 3.31. The predicted molar refractivity (Wildman–Crippen MR) is 75.3 cm³/mol. The van der Waals surface area contributed by atoms with Crippen LogP contribution in [0.5, 0.6) is 0 Å². The molecule has 5 nitrogen and oxygen atoms in total. The van der Waals surface area contributed by atoms with Crippen molar-refractivity contribution < 1.29 is 8.42 Å². The average Bonchev–Trinajstić information content (AvgIpc) is 3.05. The van der Waals surface area contributed by atoms with Crippen LogP contribution in [0.15, 0.2) is 17.2 Å². The van der Waals surface area contributed by atoms with E-state index in [1.54, 1.807) is 12.3 Å². The van der Waals surface area contributed by atoms with Gasteiger partial charge in [-0.05, 0) is 31.4 Å². The van der Waals surface area contributed by atoms with Gasteiger partial charge < -0.3 is 10.3 Å². The van der Waals surface area contributed by atoms with Crippen molar-refractivity contribution in [2.45, 2.75) is 44.0 Å². The van der Waals surface area contributed by atoms with Crippen molar-refractivity contribution in [3.63, 3.8) is 0 Å².